The van der Waals surface area contributed by atoms with Crippen LogP contribution in [-0.2, 0) is 32.7 Å². The number of unbranched alkanes of at least 4 members (excludes halogenated alkanes) is 24. The lowest BCUT2D eigenvalue weighted by molar-refractivity contribution is -0.870. The first-order valence-electron chi connectivity index (χ1n) is 32.2. The number of hydrogen-bond acceptors (Lipinski definition) is 8. The summed E-state index contributed by atoms with van der Waals surface area (Å²) in [6, 6.07) is 0. The molecule has 9 nitrogen and oxygen atoms in total. The van der Waals surface area contributed by atoms with E-state index in [1.807, 2.05) is 21.1 Å². The quantitative estimate of drug-likeness (QED) is 0.0195. The van der Waals surface area contributed by atoms with Crippen molar-refractivity contribution in [2.45, 2.75) is 264 Å². The van der Waals surface area contributed by atoms with Crippen molar-refractivity contribution in [1.29, 1.82) is 0 Å². The molecular weight excluding hydrogens is 1010 g/mol. The van der Waals surface area contributed by atoms with Crippen molar-refractivity contribution in [1.82, 2.24) is 0 Å². The number of likely N-dealkylation sites (N-methyl/N-ethyl adjacent to an activating group) is 1. The van der Waals surface area contributed by atoms with E-state index < -0.39 is 32.5 Å². The summed E-state index contributed by atoms with van der Waals surface area (Å²) in [6.07, 6.45) is 85.5. The second-order valence-electron chi connectivity index (χ2n) is 22.4. The number of quaternary nitrogens is 1. The Hall–Kier alpha value is -3.59. The summed E-state index contributed by atoms with van der Waals surface area (Å²) >= 11 is 0. The van der Waals surface area contributed by atoms with Gasteiger partial charge in [0.1, 0.15) is 19.8 Å². The zero-order valence-electron chi connectivity index (χ0n) is 52.0. The topological polar surface area (TPSA) is 111 Å². The first-order valence-corrected chi connectivity index (χ1v) is 33.7. The van der Waals surface area contributed by atoms with Crippen LogP contribution in [0.15, 0.2) is 122 Å². The van der Waals surface area contributed by atoms with E-state index in [9.17, 15) is 19.0 Å². The van der Waals surface area contributed by atoms with Crippen LogP contribution in [0.2, 0.25) is 0 Å². The third-order valence-corrected chi connectivity index (χ3v) is 14.4. The molecule has 0 aliphatic heterocycles. The van der Waals surface area contributed by atoms with Crippen molar-refractivity contribution < 1.29 is 42.1 Å². The summed E-state index contributed by atoms with van der Waals surface area (Å²) in [5, 5.41) is 0. The average molecular weight is 1130 g/mol. The fraction of sp³-hybridized carbons (Fsp3) is 0.686. The Morgan fingerprint density at radius 2 is 0.675 bits per heavy atom. The molecule has 2 unspecified atom stereocenters. The number of hydrogen-bond donors (Lipinski definition) is 0. The molecule has 80 heavy (non-hydrogen) atoms. The van der Waals surface area contributed by atoms with Gasteiger partial charge >= 0.3 is 11.9 Å². The largest absolute Gasteiger partial charge is 0.756 e. The summed E-state index contributed by atoms with van der Waals surface area (Å²) in [6.45, 7) is 4.00. The van der Waals surface area contributed by atoms with Gasteiger partial charge in [0.25, 0.3) is 7.82 Å². The molecule has 0 N–H and O–H groups in total. The molecule has 10 heteroatoms. The van der Waals surface area contributed by atoms with Gasteiger partial charge in [0.05, 0.1) is 27.7 Å². The normalized spacial score (nSPS) is 14.0. The van der Waals surface area contributed by atoms with E-state index in [-0.39, 0.29) is 26.1 Å². The molecule has 0 fully saturated rings. The lowest BCUT2D eigenvalue weighted by Gasteiger charge is -2.28. The molecule has 458 valence electrons. The number of esters is 2. The zero-order valence-corrected chi connectivity index (χ0v) is 52.9. The van der Waals surface area contributed by atoms with E-state index in [0.717, 1.165) is 116 Å². The number of phosphoric acid groups is 1. The minimum atomic E-state index is -4.65. The van der Waals surface area contributed by atoms with Crippen molar-refractivity contribution in [3.05, 3.63) is 122 Å². The van der Waals surface area contributed by atoms with Gasteiger partial charge in [0.2, 0.25) is 0 Å². The molecule has 0 aliphatic carbocycles. The van der Waals surface area contributed by atoms with Crippen molar-refractivity contribution in [2.75, 3.05) is 47.5 Å². The maximum absolute atomic E-state index is 12.8. The predicted octanol–water partition coefficient (Wildman–Crippen LogP) is 20.1. The molecule has 0 aromatic rings. The highest BCUT2D eigenvalue weighted by Crippen LogP contribution is 2.38. The van der Waals surface area contributed by atoms with E-state index >= 15 is 0 Å². The summed E-state index contributed by atoms with van der Waals surface area (Å²) in [7, 11) is 1.15. The third kappa shape index (κ3) is 63.6. The molecule has 0 heterocycles. The second kappa shape index (κ2) is 60.0. The Morgan fingerprint density at radius 1 is 0.388 bits per heavy atom. The molecule has 0 aromatic carbocycles. The van der Waals surface area contributed by atoms with Crippen molar-refractivity contribution in [3.8, 4) is 0 Å². The van der Waals surface area contributed by atoms with E-state index in [4.69, 9.17) is 18.5 Å². The van der Waals surface area contributed by atoms with Gasteiger partial charge in [-0.1, -0.05) is 264 Å². The highest BCUT2D eigenvalue weighted by atomic mass is 31.2. The van der Waals surface area contributed by atoms with E-state index in [2.05, 4.69) is 135 Å². The highest BCUT2D eigenvalue weighted by molar-refractivity contribution is 7.45. The molecule has 0 aromatic heterocycles. The van der Waals surface area contributed by atoms with Crippen LogP contribution in [0.4, 0.5) is 0 Å². The predicted molar refractivity (Wildman–Crippen MR) is 341 cm³/mol. The van der Waals surface area contributed by atoms with E-state index in [1.165, 1.54) is 103 Å². The van der Waals surface area contributed by atoms with Gasteiger partial charge in [-0.05, 0) is 103 Å². The molecule has 0 saturated carbocycles. The van der Waals surface area contributed by atoms with Crippen LogP contribution in [0.3, 0.4) is 0 Å². The second-order valence-corrected chi connectivity index (χ2v) is 23.8. The number of carbonyl (C=O) groups is 2. The lowest BCUT2D eigenvalue weighted by Crippen LogP contribution is -2.37. The maximum Gasteiger partial charge on any atom is 0.306 e. The first-order chi connectivity index (χ1) is 39.0. The molecule has 2 atom stereocenters. The van der Waals surface area contributed by atoms with Crippen molar-refractivity contribution in [2.24, 2.45) is 0 Å². The van der Waals surface area contributed by atoms with Crippen molar-refractivity contribution in [3.63, 3.8) is 0 Å². The number of phosphoric ester groups is 1. The van der Waals surface area contributed by atoms with Crippen LogP contribution in [-0.4, -0.2) is 70.0 Å². The molecule has 0 radical (unpaired) electrons. The van der Waals surface area contributed by atoms with Crippen LogP contribution in [0.1, 0.15) is 258 Å². The minimum Gasteiger partial charge on any atom is -0.756 e. The van der Waals surface area contributed by atoms with Crippen LogP contribution >= 0.6 is 7.82 Å². The summed E-state index contributed by atoms with van der Waals surface area (Å²) in [5.41, 5.74) is 0. The third-order valence-electron chi connectivity index (χ3n) is 13.5. The lowest BCUT2D eigenvalue weighted by atomic mass is 10.0. The first kappa shape index (κ1) is 76.4. The van der Waals surface area contributed by atoms with Gasteiger partial charge in [-0.3, -0.25) is 14.2 Å². The zero-order chi connectivity index (χ0) is 58.4. The molecule has 0 aliphatic rings. The standard InChI is InChI=1S/C70H120NO8P/c1-6-8-10-12-14-16-18-20-22-24-26-28-29-30-31-32-33-34-35-36-37-38-39-40-41-43-45-47-49-51-53-55-57-59-61-63-70(73)79-68(67-78-80(74,75)77-65-64-71(3,4)5)66-76-69(72)62-60-58-56-54-52-50-48-46-44-42-27-25-23-21-19-17-15-13-11-9-7-2/h8-11,14-17,20-23,26-28,30-31,42,46,48,68H,6-7,12-13,18-19,24-25,29,32-41,43-45,47,49-67H2,1-5H3/b10-8-,11-9-,16-14-,17-15-,22-20-,23-21-,28-26-,31-30-,42-27-,48-46-. The monoisotopic (exact) mass is 1130 g/mol. The van der Waals surface area contributed by atoms with Gasteiger partial charge in [-0.25, -0.2) is 0 Å². The van der Waals surface area contributed by atoms with Gasteiger partial charge in [-0.15, -0.1) is 0 Å². The maximum atomic E-state index is 12.8. The van der Waals surface area contributed by atoms with Gasteiger partial charge < -0.3 is 27.9 Å². The number of ether oxygens (including phenoxy) is 2. The molecule has 0 amide bonds. The number of carbonyl (C=O) groups excluding carboxylic acids is 2. The molecule has 0 rings (SSSR count). The average Bonchev–Trinajstić information content (AvgIpc) is 3.42. The fourth-order valence-corrected chi connectivity index (χ4v) is 9.32. The van der Waals surface area contributed by atoms with Gasteiger partial charge in [-0.2, -0.15) is 0 Å². The van der Waals surface area contributed by atoms with E-state index in [1.54, 1.807) is 0 Å². The summed E-state index contributed by atoms with van der Waals surface area (Å²) in [5.74, 6) is -0.855. The van der Waals surface area contributed by atoms with E-state index in [0.29, 0.717) is 23.9 Å². The Labute approximate surface area is 492 Å². The molecule has 0 bridgehead atoms. The summed E-state index contributed by atoms with van der Waals surface area (Å²) < 4.78 is 34.2. The number of rotatable bonds is 58. The molecule has 0 spiro atoms. The Kier molecular flexibility index (Phi) is 57.3. The van der Waals surface area contributed by atoms with Crippen LogP contribution < -0.4 is 4.89 Å². The van der Waals surface area contributed by atoms with Crippen LogP contribution in [0.25, 0.3) is 0 Å². The smallest absolute Gasteiger partial charge is 0.306 e. The molecular formula is C70H120NO8P. The fourth-order valence-electron chi connectivity index (χ4n) is 8.59. The minimum absolute atomic E-state index is 0.0388. The Morgan fingerprint density at radius 3 is 1.00 bits per heavy atom. The number of nitrogens with zero attached hydrogens (tertiary/aromatic N) is 1. The summed E-state index contributed by atoms with van der Waals surface area (Å²) in [4.78, 5) is 38.0. The van der Waals surface area contributed by atoms with Gasteiger partial charge in [0.15, 0.2) is 6.10 Å². The van der Waals surface area contributed by atoms with Crippen molar-refractivity contribution >= 4 is 19.8 Å². The molecule has 0 saturated heterocycles. The van der Waals surface area contributed by atoms with Crippen LogP contribution in [0, 0.1) is 0 Å². The Bertz CT molecular complexity index is 1760. The highest BCUT2D eigenvalue weighted by Gasteiger charge is 2.22. The van der Waals surface area contributed by atoms with Gasteiger partial charge in [0, 0.05) is 12.8 Å². The SMILES string of the molecule is CC/C=C\C/C=C\C/C=C\C/C=C\C/C=C\CCCCCCCCCCCCCCCCCCCCCC(=O)OC(COC(=O)CCCCCCC/C=C\C/C=C\C/C=C\C/C=C\C/C=C\CC)COP(=O)([O-])OCC[N+](C)(C)C. The Balaban J connectivity index is 4.08. The number of allylic oxidation sites excluding steroid dienone is 20. The van der Waals surface area contributed by atoms with Crippen LogP contribution in [0.5, 0.6) is 0 Å².